The number of ether oxygens (including phenoxy) is 1. The van der Waals surface area contributed by atoms with Gasteiger partial charge in [-0.25, -0.2) is 0 Å². The van der Waals surface area contributed by atoms with Crippen LogP contribution in [-0.2, 0) is 9.53 Å². The SMILES string of the molecule is CCOC(=O)CC(=N)C1CC1. The van der Waals surface area contributed by atoms with E-state index in [1.807, 2.05) is 0 Å². The lowest BCUT2D eigenvalue weighted by atomic mass is 10.2. The van der Waals surface area contributed by atoms with Crippen LogP contribution in [0.25, 0.3) is 0 Å². The Morgan fingerprint density at radius 3 is 2.73 bits per heavy atom. The first-order valence-electron chi connectivity index (χ1n) is 3.97. The average molecular weight is 155 g/mol. The van der Waals surface area contributed by atoms with Crippen LogP contribution in [0, 0.1) is 11.3 Å². The van der Waals surface area contributed by atoms with Crippen molar-refractivity contribution >= 4 is 11.7 Å². The standard InChI is InChI=1S/C8H13NO2/c1-2-11-8(10)5-7(9)6-3-4-6/h6,9H,2-5H2,1H3. The van der Waals surface area contributed by atoms with Crippen molar-refractivity contribution in [1.29, 1.82) is 5.41 Å². The Morgan fingerprint density at radius 1 is 1.64 bits per heavy atom. The second kappa shape index (κ2) is 3.51. The summed E-state index contributed by atoms with van der Waals surface area (Å²) in [6.07, 6.45) is 2.36. The minimum absolute atomic E-state index is 0.193. The Labute approximate surface area is 66.2 Å². The lowest BCUT2D eigenvalue weighted by molar-refractivity contribution is -0.141. The van der Waals surface area contributed by atoms with Gasteiger partial charge in [0.1, 0.15) is 0 Å². The molecule has 11 heavy (non-hydrogen) atoms. The van der Waals surface area contributed by atoms with Gasteiger partial charge in [-0.3, -0.25) is 4.79 Å². The van der Waals surface area contributed by atoms with Crippen molar-refractivity contribution in [2.75, 3.05) is 6.61 Å². The summed E-state index contributed by atoms with van der Waals surface area (Å²) in [5.74, 6) is 0.129. The Balaban J connectivity index is 2.17. The molecule has 0 radical (unpaired) electrons. The molecule has 0 amide bonds. The molecule has 3 heteroatoms. The van der Waals surface area contributed by atoms with Gasteiger partial charge in [-0.15, -0.1) is 0 Å². The summed E-state index contributed by atoms with van der Waals surface area (Å²) in [7, 11) is 0. The molecule has 62 valence electrons. The topological polar surface area (TPSA) is 50.2 Å². The molecule has 0 atom stereocenters. The molecule has 1 saturated carbocycles. The van der Waals surface area contributed by atoms with Gasteiger partial charge in [0, 0.05) is 5.71 Å². The van der Waals surface area contributed by atoms with Crippen LogP contribution in [0.3, 0.4) is 0 Å². The molecule has 0 aliphatic heterocycles. The second-order valence-corrected chi connectivity index (χ2v) is 2.78. The first kappa shape index (κ1) is 8.24. The molecule has 0 bridgehead atoms. The lowest BCUT2D eigenvalue weighted by Crippen LogP contribution is -2.11. The first-order valence-corrected chi connectivity index (χ1v) is 3.97. The van der Waals surface area contributed by atoms with E-state index in [9.17, 15) is 4.79 Å². The smallest absolute Gasteiger partial charge is 0.311 e. The van der Waals surface area contributed by atoms with E-state index in [0.717, 1.165) is 12.8 Å². The van der Waals surface area contributed by atoms with Crippen LogP contribution in [0.2, 0.25) is 0 Å². The van der Waals surface area contributed by atoms with E-state index in [0.29, 0.717) is 18.2 Å². The van der Waals surface area contributed by atoms with Gasteiger partial charge in [-0.1, -0.05) is 0 Å². The van der Waals surface area contributed by atoms with Gasteiger partial charge in [0.25, 0.3) is 0 Å². The zero-order valence-electron chi connectivity index (χ0n) is 6.72. The summed E-state index contributed by atoms with van der Waals surface area (Å²) in [6.45, 7) is 2.19. The van der Waals surface area contributed by atoms with Crippen molar-refractivity contribution in [3.05, 3.63) is 0 Å². The molecule has 1 N–H and O–H groups in total. The molecule has 1 aliphatic rings. The molecule has 0 heterocycles. The Hall–Kier alpha value is -0.860. The summed E-state index contributed by atoms with van der Waals surface area (Å²) in [5, 5.41) is 7.41. The quantitative estimate of drug-likeness (QED) is 0.492. The van der Waals surface area contributed by atoms with Gasteiger partial charge < -0.3 is 10.1 Å². The maximum atomic E-state index is 10.8. The number of carbonyl (C=O) groups is 1. The summed E-state index contributed by atoms with van der Waals surface area (Å²) < 4.78 is 4.71. The Bertz CT molecular complexity index is 173. The third-order valence-corrected chi connectivity index (χ3v) is 1.71. The molecule has 0 aromatic carbocycles. The lowest BCUT2D eigenvalue weighted by Gasteiger charge is -2.00. The first-order chi connectivity index (χ1) is 5.24. The largest absolute Gasteiger partial charge is 0.466 e. The molecule has 0 aromatic rings. The predicted octanol–water partition coefficient (Wildman–Crippen LogP) is 1.37. The minimum atomic E-state index is -0.260. The Kier molecular flexibility index (Phi) is 2.63. The summed E-state index contributed by atoms with van der Waals surface area (Å²) >= 11 is 0. The van der Waals surface area contributed by atoms with E-state index in [1.54, 1.807) is 6.92 Å². The molecular formula is C8H13NO2. The number of rotatable bonds is 4. The highest BCUT2D eigenvalue weighted by atomic mass is 16.5. The second-order valence-electron chi connectivity index (χ2n) is 2.78. The van der Waals surface area contributed by atoms with Gasteiger partial charge >= 0.3 is 5.97 Å². The van der Waals surface area contributed by atoms with Crippen LogP contribution in [0.5, 0.6) is 0 Å². The highest BCUT2D eigenvalue weighted by Crippen LogP contribution is 2.31. The maximum Gasteiger partial charge on any atom is 0.311 e. The third kappa shape index (κ3) is 2.70. The van der Waals surface area contributed by atoms with Crippen LogP contribution in [0.15, 0.2) is 0 Å². The molecule has 0 aromatic heterocycles. The zero-order chi connectivity index (χ0) is 8.27. The predicted molar refractivity (Wildman–Crippen MR) is 41.7 cm³/mol. The van der Waals surface area contributed by atoms with Gasteiger partial charge in [-0.2, -0.15) is 0 Å². The van der Waals surface area contributed by atoms with Gasteiger partial charge in [0.2, 0.25) is 0 Å². The normalized spacial score (nSPS) is 16.1. The maximum absolute atomic E-state index is 10.8. The van der Waals surface area contributed by atoms with Crippen molar-refractivity contribution in [3.8, 4) is 0 Å². The molecule has 1 fully saturated rings. The number of carbonyl (C=O) groups excluding carboxylic acids is 1. The van der Waals surface area contributed by atoms with Crippen molar-refractivity contribution in [1.82, 2.24) is 0 Å². The van der Waals surface area contributed by atoms with E-state index in [-0.39, 0.29) is 12.4 Å². The molecule has 0 unspecified atom stereocenters. The van der Waals surface area contributed by atoms with Crippen molar-refractivity contribution < 1.29 is 9.53 Å². The summed E-state index contributed by atoms with van der Waals surface area (Å²) in [6, 6.07) is 0. The van der Waals surface area contributed by atoms with Crippen LogP contribution < -0.4 is 0 Å². The summed E-state index contributed by atoms with van der Waals surface area (Å²) in [5.41, 5.74) is 0.545. The Morgan fingerprint density at radius 2 is 2.27 bits per heavy atom. The third-order valence-electron chi connectivity index (χ3n) is 1.71. The van der Waals surface area contributed by atoms with E-state index in [1.165, 1.54) is 0 Å². The summed E-state index contributed by atoms with van der Waals surface area (Å²) in [4.78, 5) is 10.8. The van der Waals surface area contributed by atoms with Gasteiger partial charge in [-0.05, 0) is 25.7 Å². The van der Waals surface area contributed by atoms with Crippen LogP contribution >= 0.6 is 0 Å². The van der Waals surface area contributed by atoms with Crippen LogP contribution in [0.4, 0.5) is 0 Å². The van der Waals surface area contributed by atoms with E-state index < -0.39 is 0 Å². The van der Waals surface area contributed by atoms with Crippen molar-refractivity contribution in [3.63, 3.8) is 0 Å². The molecule has 1 rings (SSSR count). The number of esters is 1. The molecule has 1 aliphatic carbocycles. The zero-order valence-corrected chi connectivity index (χ0v) is 6.72. The highest BCUT2D eigenvalue weighted by molar-refractivity contribution is 5.99. The average Bonchev–Trinajstić information content (AvgIpc) is 2.67. The van der Waals surface area contributed by atoms with Gasteiger partial charge in [0.15, 0.2) is 0 Å². The van der Waals surface area contributed by atoms with Crippen molar-refractivity contribution in [2.45, 2.75) is 26.2 Å². The monoisotopic (exact) mass is 155 g/mol. The molecule has 0 saturated heterocycles. The van der Waals surface area contributed by atoms with Crippen LogP contribution in [0.1, 0.15) is 26.2 Å². The fourth-order valence-corrected chi connectivity index (χ4v) is 0.944. The fraction of sp³-hybridized carbons (Fsp3) is 0.750. The number of nitrogens with one attached hydrogen (secondary N) is 1. The molecule has 3 nitrogen and oxygen atoms in total. The van der Waals surface area contributed by atoms with E-state index >= 15 is 0 Å². The highest BCUT2D eigenvalue weighted by Gasteiger charge is 2.27. The van der Waals surface area contributed by atoms with Gasteiger partial charge in [0.05, 0.1) is 13.0 Å². The molecule has 0 spiro atoms. The molecular weight excluding hydrogens is 142 g/mol. The van der Waals surface area contributed by atoms with Crippen molar-refractivity contribution in [2.24, 2.45) is 5.92 Å². The van der Waals surface area contributed by atoms with Crippen LogP contribution in [-0.4, -0.2) is 18.3 Å². The van der Waals surface area contributed by atoms with E-state index in [2.05, 4.69) is 0 Å². The van der Waals surface area contributed by atoms with E-state index in [4.69, 9.17) is 10.1 Å². The number of hydrogen-bond acceptors (Lipinski definition) is 3. The number of hydrogen-bond donors (Lipinski definition) is 1. The minimum Gasteiger partial charge on any atom is -0.466 e. The fourth-order valence-electron chi connectivity index (χ4n) is 0.944.